The van der Waals surface area contributed by atoms with Gasteiger partial charge >= 0.3 is 0 Å². The predicted octanol–water partition coefficient (Wildman–Crippen LogP) is 5.35. The fraction of sp³-hybridized carbons (Fsp3) is 0.143. The predicted molar refractivity (Wildman–Crippen MR) is 100 cm³/mol. The number of rotatable bonds is 2. The van der Waals surface area contributed by atoms with Crippen LogP contribution in [-0.2, 0) is 0 Å². The third-order valence-electron chi connectivity index (χ3n) is 4.36. The molecule has 1 fully saturated rings. The van der Waals surface area contributed by atoms with Crippen LogP contribution >= 0.6 is 0 Å². The smallest absolute Gasteiger partial charge is 0.151 e. The highest BCUT2D eigenvalue weighted by molar-refractivity contribution is 6.01. The summed E-state index contributed by atoms with van der Waals surface area (Å²) in [5.41, 5.74) is 4.74. The van der Waals surface area contributed by atoms with E-state index in [0.29, 0.717) is 5.75 Å². The number of allylic oxidation sites excluding steroid dienone is 1. The number of aromatic hydroxyl groups is 1. The van der Waals surface area contributed by atoms with Crippen LogP contribution in [0.4, 0.5) is 11.4 Å². The van der Waals surface area contributed by atoms with Gasteiger partial charge in [-0.05, 0) is 56.2 Å². The van der Waals surface area contributed by atoms with Gasteiger partial charge in [0, 0.05) is 10.8 Å². The quantitative estimate of drug-likeness (QED) is 0.646. The Labute approximate surface area is 142 Å². The highest BCUT2D eigenvalue weighted by Crippen LogP contribution is 2.47. The molecule has 0 bridgehead atoms. The van der Waals surface area contributed by atoms with E-state index < -0.39 is 0 Å². The monoisotopic (exact) mass is 316 g/mol. The van der Waals surface area contributed by atoms with Crippen LogP contribution in [0.25, 0.3) is 10.8 Å². The lowest BCUT2D eigenvalue weighted by Crippen LogP contribution is -2.04. The van der Waals surface area contributed by atoms with Crippen molar-refractivity contribution >= 4 is 22.1 Å². The number of aryl methyl sites for hydroxylation is 1. The summed E-state index contributed by atoms with van der Waals surface area (Å²) >= 11 is 0. The third kappa shape index (κ3) is 2.21. The van der Waals surface area contributed by atoms with Crippen LogP contribution in [0, 0.1) is 6.92 Å². The van der Waals surface area contributed by atoms with Gasteiger partial charge in [-0.3, -0.25) is 0 Å². The molecular weight excluding hydrogens is 296 g/mol. The summed E-state index contributed by atoms with van der Waals surface area (Å²) in [5.74, 6) is 1.51. The van der Waals surface area contributed by atoms with Crippen LogP contribution in [0.15, 0.2) is 72.1 Å². The Kier molecular flexibility index (Phi) is 3.24. The lowest BCUT2D eigenvalue weighted by atomic mass is 10.1. The molecule has 1 heterocycles. The van der Waals surface area contributed by atoms with Crippen molar-refractivity contribution in [2.24, 2.45) is 0 Å². The number of fused-ring (bicyclic) bond motifs is 1. The van der Waals surface area contributed by atoms with Gasteiger partial charge in [0.05, 0.1) is 11.4 Å². The van der Waals surface area contributed by atoms with Crippen molar-refractivity contribution in [2.45, 2.75) is 20.8 Å². The minimum Gasteiger partial charge on any atom is -0.507 e. The first-order chi connectivity index (χ1) is 11.6. The molecule has 3 heteroatoms. The van der Waals surface area contributed by atoms with Crippen LogP contribution in [0.5, 0.6) is 5.75 Å². The maximum atomic E-state index is 10.1. The first-order valence-corrected chi connectivity index (χ1v) is 8.13. The molecule has 3 aromatic rings. The minimum atomic E-state index is 0.317. The molecule has 0 spiro atoms. The fourth-order valence-corrected chi connectivity index (χ4v) is 3.24. The van der Waals surface area contributed by atoms with Crippen LogP contribution < -0.4 is 10.0 Å². The van der Waals surface area contributed by atoms with Crippen molar-refractivity contribution in [1.82, 2.24) is 0 Å². The van der Waals surface area contributed by atoms with E-state index in [0.717, 1.165) is 22.1 Å². The molecule has 120 valence electrons. The molecule has 1 aliphatic heterocycles. The summed E-state index contributed by atoms with van der Waals surface area (Å²) in [4.78, 5) is 0. The number of hydrogen-bond donors (Lipinski definition) is 1. The Hall–Kier alpha value is -2.94. The van der Waals surface area contributed by atoms with Crippen molar-refractivity contribution in [3.8, 4) is 5.75 Å². The molecule has 0 radical (unpaired) electrons. The van der Waals surface area contributed by atoms with Gasteiger partial charge in [-0.25, -0.2) is 10.0 Å². The zero-order valence-electron chi connectivity index (χ0n) is 14.1. The van der Waals surface area contributed by atoms with Crippen molar-refractivity contribution in [1.29, 1.82) is 0 Å². The number of benzene rings is 3. The highest BCUT2D eigenvalue weighted by atomic mass is 16.3. The number of phenolic OH excluding ortho intramolecular Hbond substituents is 1. The average Bonchev–Trinajstić information content (AvgIpc) is 3.31. The van der Waals surface area contributed by atoms with Crippen molar-refractivity contribution in [3.63, 3.8) is 0 Å². The molecule has 0 aromatic heterocycles. The number of nitrogens with zero attached hydrogens (tertiary/aromatic N) is 2. The summed E-state index contributed by atoms with van der Waals surface area (Å²) in [6.07, 6.45) is 0. The normalized spacial score (nSPS) is 13.5. The Balaban J connectivity index is 1.88. The van der Waals surface area contributed by atoms with E-state index in [1.165, 1.54) is 17.0 Å². The standard InChI is InChI=1S/C21H20N2O/c1-14(2)21-22(16-8-6-7-15(3)13-16)23(21)19-11-12-20(24)18-10-5-4-9-17(18)19/h4-13,24H,1-3H3. The maximum Gasteiger partial charge on any atom is 0.151 e. The summed E-state index contributed by atoms with van der Waals surface area (Å²) in [6.45, 7) is 6.36. The zero-order valence-corrected chi connectivity index (χ0v) is 14.1. The molecule has 3 aromatic carbocycles. The van der Waals surface area contributed by atoms with Gasteiger partial charge in [0.1, 0.15) is 5.75 Å². The fourth-order valence-electron chi connectivity index (χ4n) is 3.24. The van der Waals surface area contributed by atoms with Gasteiger partial charge in [0.25, 0.3) is 0 Å². The van der Waals surface area contributed by atoms with Gasteiger partial charge in [-0.1, -0.05) is 36.4 Å². The second-order valence-electron chi connectivity index (χ2n) is 6.44. The SMILES string of the molecule is CC(C)=C1N(c2cccc(C)c2)N1c1ccc(O)c2ccccc12. The van der Waals surface area contributed by atoms with E-state index in [1.54, 1.807) is 6.07 Å². The largest absolute Gasteiger partial charge is 0.507 e. The van der Waals surface area contributed by atoms with E-state index in [9.17, 15) is 5.11 Å². The van der Waals surface area contributed by atoms with Gasteiger partial charge in [0.15, 0.2) is 5.82 Å². The van der Waals surface area contributed by atoms with Gasteiger partial charge in [-0.2, -0.15) is 0 Å². The lowest BCUT2D eigenvalue weighted by molar-refractivity contribution is 0.481. The van der Waals surface area contributed by atoms with E-state index in [4.69, 9.17) is 0 Å². The van der Waals surface area contributed by atoms with E-state index >= 15 is 0 Å². The minimum absolute atomic E-state index is 0.317. The summed E-state index contributed by atoms with van der Waals surface area (Å²) in [7, 11) is 0. The van der Waals surface area contributed by atoms with Gasteiger partial charge in [-0.15, -0.1) is 0 Å². The Bertz CT molecular complexity index is 970. The molecule has 1 saturated heterocycles. The van der Waals surface area contributed by atoms with Crippen LogP contribution in [0.3, 0.4) is 0 Å². The summed E-state index contributed by atoms with van der Waals surface area (Å²) in [6, 6.07) is 20.2. The van der Waals surface area contributed by atoms with E-state index in [-0.39, 0.29) is 0 Å². The molecule has 4 rings (SSSR count). The molecule has 24 heavy (non-hydrogen) atoms. The Morgan fingerprint density at radius 1 is 0.833 bits per heavy atom. The van der Waals surface area contributed by atoms with Crippen LogP contribution in [0.1, 0.15) is 19.4 Å². The number of hydrogen-bond acceptors (Lipinski definition) is 3. The molecule has 0 saturated carbocycles. The van der Waals surface area contributed by atoms with Crippen LogP contribution in [0.2, 0.25) is 0 Å². The lowest BCUT2D eigenvalue weighted by Gasteiger charge is -2.10. The van der Waals surface area contributed by atoms with Crippen molar-refractivity contribution < 1.29 is 5.11 Å². The topological polar surface area (TPSA) is 26.2 Å². The molecule has 0 atom stereocenters. The molecular formula is C21H20N2O. The first-order valence-electron chi connectivity index (χ1n) is 8.13. The van der Waals surface area contributed by atoms with E-state index in [2.05, 4.69) is 61.1 Å². The molecule has 3 nitrogen and oxygen atoms in total. The van der Waals surface area contributed by atoms with Crippen molar-refractivity contribution in [2.75, 3.05) is 10.0 Å². The van der Waals surface area contributed by atoms with Crippen LogP contribution in [-0.4, -0.2) is 5.11 Å². The molecule has 1 aliphatic rings. The Morgan fingerprint density at radius 2 is 1.58 bits per heavy atom. The Morgan fingerprint density at radius 3 is 2.29 bits per heavy atom. The third-order valence-corrected chi connectivity index (χ3v) is 4.36. The second kappa shape index (κ2) is 5.31. The highest BCUT2D eigenvalue weighted by Gasteiger charge is 2.42. The summed E-state index contributed by atoms with van der Waals surface area (Å²) in [5, 5.41) is 16.5. The first kappa shape index (κ1) is 14.6. The average molecular weight is 316 g/mol. The second-order valence-corrected chi connectivity index (χ2v) is 6.44. The van der Waals surface area contributed by atoms with Gasteiger partial charge in [0.2, 0.25) is 0 Å². The number of phenols is 1. The molecule has 0 unspecified atom stereocenters. The summed E-state index contributed by atoms with van der Waals surface area (Å²) < 4.78 is 0. The van der Waals surface area contributed by atoms with Crippen molar-refractivity contribution in [3.05, 3.63) is 77.6 Å². The number of anilines is 2. The molecule has 0 amide bonds. The molecule has 0 aliphatic carbocycles. The number of hydrazine groups is 1. The zero-order chi connectivity index (χ0) is 16.8. The van der Waals surface area contributed by atoms with Gasteiger partial charge < -0.3 is 5.11 Å². The maximum absolute atomic E-state index is 10.1. The van der Waals surface area contributed by atoms with E-state index in [1.807, 2.05) is 24.3 Å². The molecule has 1 N–H and O–H groups in total.